The Bertz CT molecular complexity index is 589. The minimum absolute atomic E-state index is 0.227. The van der Waals surface area contributed by atoms with E-state index < -0.39 is 0 Å². The van der Waals surface area contributed by atoms with E-state index in [4.69, 9.17) is 11.6 Å². The molecule has 0 atom stereocenters. The quantitative estimate of drug-likeness (QED) is 0.570. The third-order valence-electron chi connectivity index (χ3n) is 3.80. The summed E-state index contributed by atoms with van der Waals surface area (Å²) in [7, 11) is 0. The van der Waals surface area contributed by atoms with Gasteiger partial charge in [0.2, 0.25) is 0 Å². The van der Waals surface area contributed by atoms with E-state index in [1.807, 2.05) is 24.3 Å². The second-order valence-electron chi connectivity index (χ2n) is 5.35. The highest BCUT2D eigenvalue weighted by Crippen LogP contribution is 2.29. The van der Waals surface area contributed by atoms with Gasteiger partial charge in [-0.3, -0.25) is 4.79 Å². The molecule has 0 amide bonds. The summed E-state index contributed by atoms with van der Waals surface area (Å²) in [5.74, 6) is 0.227. The number of rotatable bonds is 3. The molecule has 20 heavy (non-hydrogen) atoms. The number of thiophene rings is 1. The summed E-state index contributed by atoms with van der Waals surface area (Å²) in [4.78, 5) is 14.7. The van der Waals surface area contributed by atoms with Crippen molar-refractivity contribution in [2.75, 3.05) is 0 Å². The Morgan fingerprint density at radius 3 is 2.65 bits per heavy atom. The van der Waals surface area contributed by atoms with Crippen molar-refractivity contribution in [1.82, 2.24) is 0 Å². The maximum Gasteiger partial charge on any atom is 0.177 e. The molecule has 104 valence electrons. The molecule has 1 aromatic heterocycles. The van der Waals surface area contributed by atoms with Crippen molar-refractivity contribution in [3.8, 4) is 0 Å². The van der Waals surface area contributed by atoms with E-state index in [2.05, 4.69) is 6.07 Å². The van der Waals surface area contributed by atoms with Gasteiger partial charge < -0.3 is 0 Å². The molecule has 0 spiro atoms. The highest BCUT2D eigenvalue weighted by Gasteiger charge is 2.16. The summed E-state index contributed by atoms with van der Waals surface area (Å²) in [5.41, 5.74) is 2.44. The van der Waals surface area contributed by atoms with Crippen LogP contribution in [0.4, 0.5) is 0 Å². The summed E-state index contributed by atoms with van der Waals surface area (Å²) in [6.07, 6.45) is 6.59. The van der Waals surface area contributed by atoms with E-state index in [-0.39, 0.29) is 5.78 Å². The first-order valence-electron chi connectivity index (χ1n) is 7.11. The minimum Gasteiger partial charge on any atom is -0.293 e. The van der Waals surface area contributed by atoms with Crippen molar-refractivity contribution in [3.63, 3.8) is 0 Å². The predicted molar refractivity (Wildman–Crippen MR) is 85.1 cm³/mol. The average molecular weight is 305 g/mol. The fraction of sp³-hybridized carbons (Fsp3) is 0.353. The van der Waals surface area contributed by atoms with Gasteiger partial charge in [0, 0.05) is 16.3 Å². The summed E-state index contributed by atoms with van der Waals surface area (Å²) in [6, 6.07) is 9.67. The van der Waals surface area contributed by atoms with E-state index in [0.717, 1.165) is 23.3 Å². The molecule has 1 nitrogen and oxygen atoms in total. The van der Waals surface area contributed by atoms with Gasteiger partial charge in [-0.25, -0.2) is 0 Å². The summed E-state index contributed by atoms with van der Waals surface area (Å²) in [5, 5.41) is 0.712. The van der Waals surface area contributed by atoms with Crippen LogP contribution in [-0.2, 0) is 19.3 Å². The lowest BCUT2D eigenvalue weighted by Gasteiger charge is -1.99. The first kappa shape index (κ1) is 13.8. The van der Waals surface area contributed by atoms with Gasteiger partial charge in [0.1, 0.15) is 0 Å². The van der Waals surface area contributed by atoms with Crippen LogP contribution in [0.3, 0.4) is 0 Å². The molecule has 0 saturated heterocycles. The van der Waals surface area contributed by atoms with Crippen LogP contribution in [0.2, 0.25) is 5.02 Å². The third kappa shape index (κ3) is 3.13. The number of Topliss-reactive ketones (excluding diaryl/α,β-unsaturated/α-hetero) is 1. The highest BCUT2D eigenvalue weighted by atomic mass is 35.5. The maximum absolute atomic E-state index is 12.4. The summed E-state index contributed by atoms with van der Waals surface area (Å²) in [6.45, 7) is 0. The predicted octanol–water partition coefficient (Wildman–Crippen LogP) is 5.10. The summed E-state index contributed by atoms with van der Waals surface area (Å²) < 4.78 is 0. The number of carbonyl (C=O) groups is 1. The molecule has 2 aromatic rings. The van der Waals surface area contributed by atoms with Crippen LogP contribution in [0.5, 0.6) is 0 Å². The lowest BCUT2D eigenvalue weighted by molar-refractivity contribution is 0.0997. The molecule has 0 N–H and O–H groups in total. The average Bonchev–Trinajstić information content (AvgIpc) is 2.73. The van der Waals surface area contributed by atoms with Gasteiger partial charge in [0.15, 0.2) is 5.78 Å². The molecule has 0 bridgehead atoms. The fourth-order valence-electron chi connectivity index (χ4n) is 2.68. The Kier molecular flexibility index (Phi) is 4.23. The Morgan fingerprint density at radius 1 is 1.10 bits per heavy atom. The highest BCUT2D eigenvalue weighted by molar-refractivity contribution is 7.14. The molecule has 3 rings (SSSR count). The molecule has 0 aliphatic heterocycles. The zero-order chi connectivity index (χ0) is 13.9. The first-order chi connectivity index (χ1) is 9.72. The minimum atomic E-state index is 0.227. The van der Waals surface area contributed by atoms with Crippen molar-refractivity contribution < 1.29 is 4.79 Å². The second-order valence-corrected chi connectivity index (χ2v) is 6.92. The van der Waals surface area contributed by atoms with Crippen LogP contribution in [-0.4, -0.2) is 5.78 Å². The Balaban J connectivity index is 1.75. The Morgan fingerprint density at radius 2 is 1.85 bits per heavy atom. The molecule has 1 heterocycles. The largest absolute Gasteiger partial charge is 0.293 e. The number of benzene rings is 1. The standard InChI is InChI=1S/C17H17ClOS/c18-14-8-6-12(7-9-14)10-15(19)17-11-13-4-2-1-3-5-16(13)20-17/h6-9,11H,1-5,10H2. The monoisotopic (exact) mass is 304 g/mol. The van der Waals surface area contributed by atoms with Gasteiger partial charge in [0.05, 0.1) is 4.88 Å². The van der Waals surface area contributed by atoms with Crippen LogP contribution < -0.4 is 0 Å². The zero-order valence-corrected chi connectivity index (χ0v) is 12.9. The van der Waals surface area contributed by atoms with Crippen molar-refractivity contribution in [3.05, 3.63) is 56.2 Å². The molecule has 1 aromatic carbocycles. The molecule has 0 unspecified atom stereocenters. The van der Waals surface area contributed by atoms with Gasteiger partial charge >= 0.3 is 0 Å². The van der Waals surface area contributed by atoms with Crippen molar-refractivity contribution in [2.24, 2.45) is 0 Å². The van der Waals surface area contributed by atoms with E-state index >= 15 is 0 Å². The number of aryl methyl sites for hydroxylation is 2. The molecule has 1 aliphatic carbocycles. The molecule has 1 aliphatic rings. The Hall–Kier alpha value is -1.12. The van der Waals surface area contributed by atoms with Crippen LogP contribution in [0.25, 0.3) is 0 Å². The first-order valence-corrected chi connectivity index (χ1v) is 8.31. The molecular formula is C17H17ClOS. The topological polar surface area (TPSA) is 17.1 Å². The van der Waals surface area contributed by atoms with Gasteiger partial charge in [-0.15, -0.1) is 11.3 Å². The van der Waals surface area contributed by atoms with Gasteiger partial charge in [-0.1, -0.05) is 30.2 Å². The van der Waals surface area contributed by atoms with Crippen molar-refractivity contribution in [1.29, 1.82) is 0 Å². The van der Waals surface area contributed by atoms with Crippen LogP contribution in [0.1, 0.15) is 44.9 Å². The normalized spacial score (nSPS) is 14.7. The van der Waals surface area contributed by atoms with E-state index in [0.29, 0.717) is 11.4 Å². The van der Waals surface area contributed by atoms with E-state index in [1.54, 1.807) is 11.3 Å². The lowest BCUT2D eigenvalue weighted by Crippen LogP contribution is -2.01. The van der Waals surface area contributed by atoms with E-state index in [1.165, 1.54) is 29.7 Å². The molecule has 0 fully saturated rings. The zero-order valence-electron chi connectivity index (χ0n) is 11.3. The number of ketones is 1. The van der Waals surface area contributed by atoms with Gasteiger partial charge in [-0.2, -0.15) is 0 Å². The molecule has 0 saturated carbocycles. The number of carbonyl (C=O) groups excluding carboxylic acids is 1. The van der Waals surface area contributed by atoms with Crippen LogP contribution in [0, 0.1) is 0 Å². The van der Waals surface area contributed by atoms with E-state index in [9.17, 15) is 4.79 Å². The number of fused-ring (bicyclic) bond motifs is 1. The third-order valence-corrected chi connectivity index (χ3v) is 5.33. The van der Waals surface area contributed by atoms with Crippen LogP contribution in [0.15, 0.2) is 30.3 Å². The van der Waals surface area contributed by atoms with Crippen LogP contribution >= 0.6 is 22.9 Å². The van der Waals surface area contributed by atoms with Crippen molar-refractivity contribution >= 4 is 28.7 Å². The second kappa shape index (κ2) is 6.11. The maximum atomic E-state index is 12.4. The smallest absolute Gasteiger partial charge is 0.177 e. The Labute approximate surface area is 128 Å². The van der Waals surface area contributed by atoms with Crippen molar-refractivity contribution in [2.45, 2.75) is 38.5 Å². The fourth-order valence-corrected chi connectivity index (χ4v) is 4.00. The summed E-state index contributed by atoms with van der Waals surface area (Å²) >= 11 is 7.57. The lowest BCUT2D eigenvalue weighted by atomic mass is 10.1. The number of hydrogen-bond acceptors (Lipinski definition) is 2. The van der Waals surface area contributed by atoms with Gasteiger partial charge in [-0.05, 0) is 55.0 Å². The number of halogens is 1. The number of hydrogen-bond donors (Lipinski definition) is 0. The molecule has 0 radical (unpaired) electrons. The molecular weight excluding hydrogens is 288 g/mol. The SMILES string of the molecule is O=C(Cc1ccc(Cl)cc1)c1cc2c(s1)CCCCC2. The van der Waals surface area contributed by atoms with Gasteiger partial charge in [0.25, 0.3) is 0 Å². The molecule has 3 heteroatoms.